The molecule has 0 aromatic carbocycles. The van der Waals surface area contributed by atoms with E-state index in [-0.39, 0.29) is 10.6 Å². The first-order valence-electron chi connectivity index (χ1n) is 6.19. The minimum Gasteiger partial charge on any atom is -0.385 e. The van der Waals surface area contributed by atoms with Crippen molar-refractivity contribution in [3.05, 3.63) is 23.4 Å². The van der Waals surface area contributed by atoms with Crippen molar-refractivity contribution < 1.29 is 9.84 Å². The predicted molar refractivity (Wildman–Crippen MR) is 75.8 cm³/mol. The average molecular weight is 254 g/mol. The van der Waals surface area contributed by atoms with E-state index in [1.165, 1.54) is 5.20 Å². The summed E-state index contributed by atoms with van der Waals surface area (Å²) in [6.07, 6.45) is 5.47. The first-order chi connectivity index (χ1) is 7.53. The Hall–Kier alpha value is -0.383. The summed E-state index contributed by atoms with van der Waals surface area (Å²) in [5, 5.41) is 11.6. The smallest absolute Gasteiger partial charge is 0.101 e. The topological polar surface area (TPSA) is 29.5 Å². The zero-order chi connectivity index (χ0) is 13.5. The van der Waals surface area contributed by atoms with Crippen LogP contribution >= 0.6 is 0 Å². The second kappa shape index (κ2) is 4.37. The Morgan fingerprint density at radius 1 is 1.35 bits per heavy atom. The number of ether oxygens (including phenoxy) is 1. The minimum atomic E-state index is -1.69. The number of hydrogen-bond donors (Lipinski definition) is 1. The van der Waals surface area contributed by atoms with Crippen molar-refractivity contribution in [3.8, 4) is 0 Å². The maximum Gasteiger partial charge on any atom is 0.101 e. The van der Waals surface area contributed by atoms with Gasteiger partial charge >= 0.3 is 0 Å². The summed E-state index contributed by atoms with van der Waals surface area (Å²) < 4.78 is 5.51. The molecule has 1 N–H and O–H groups in total. The summed E-state index contributed by atoms with van der Waals surface area (Å²) in [7, 11) is 0.0178. The first kappa shape index (κ1) is 14.7. The molecule has 1 rings (SSSR count). The lowest BCUT2D eigenvalue weighted by Gasteiger charge is -2.43. The van der Waals surface area contributed by atoms with Gasteiger partial charge < -0.3 is 9.84 Å². The van der Waals surface area contributed by atoms with E-state index >= 15 is 0 Å². The van der Waals surface area contributed by atoms with Crippen LogP contribution in [0.1, 0.15) is 27.7 Å². The van der Waals surface area contributed by atoms with Crippen LogP contribution in [-0.2, 0) is 4.74 Å². The maximum absolute atomic E-state index is 10.2. The molecule has 0 saturated heterocycles. The highest BCUT2D eigenvalue weighted by molar-refractivity contribution is 6.87. The molecule has 0 fully saturated rings. The van der Waals surface area contributed by atoms with Gasteiger partial charge in [-0.15, -0.1) is 0 Å². The summed E-state index contributed by atoms with van der Waals surface area (Å²) in [6, 6.07) is 0. The molecule has 0 bridgehead atoms. The van der Waals surface area contributed by atoms with Crippen LogP contribution in [0.2, 0.25) is 18.1 Å². The quantitative estimate of drug-likeness (QED) is 0.605. The largest absolute Gasteiger partial charge is 0.385 e. The fraction of sp³-hybridized carbons (Fsp3) is 0.714. The molecule has 0 aromatic heterocycles. The zero-order valence-corrected chi connectivity index (χ0v) is 13.2. The molecule has 3 heteroatoms. The molecule has 0 radical (unpaired) electrons. The van der Waals surface area contributed by atoms with E-state index in [1.807, 2.05) is 19.1 Å². The molecule has 1 aliphatic rings. The molecule has 0 aromatic rings. The first-order valence-corrected chi connectivity index (χ1v) is 9.19. The lowest BCUT2D eigenvalue weighted by Crippen LogP contribution is -2.46. The van der Waals surface area contributed by atoms with Gasteiger partial charge in [0, 0.05) is 7.11 Å². The highest BCUT2D eigenvalue weighted by atomic mass is 28.3. The van der Waals surface area contributed by atoms with Crippen LogP contribution in [0.3, 0.4) is 0 Å². The third kappa shape index (κ3) is 2.72. The van der Waals surface area contributed by atoms with E-state index in [4.69, 9.17) is 4.74 Å². The number of hydrogen-bond acceptors (Lipinski definition) is 2. The lowest BCUT2D eigenvalue weighted by molar-refractivity contribution is 0.0851. The van der Waals surface area contributed by atoms with E-state index in [1.54, 1.807) is 7.11 Å². The van der Waals surface area contributed by atoms with Crippen molar-refractivity contribution in [3.63, 3.8) is 0 Å². The molecule has 17 heavy (non-hydrogen) atoms. The molecule has 0 heterocycles. The fourth-order valence-electron chi connectivity index (χ4n) is 1.94. The van der Waals surface area contributed by atoms with Crippen LogP contribution in [0.15, 0.2) is 23.4 Å². The van der Waals surface area contributed by atoms with Gasteiger partial charge in [0.2, 0.25) is 0 Å². The lowest BCUT2D eigenvalue weighted by atomic mass is 9.99. The Morgan fingerprint density at radius 2 is 1.88 bits per heavy atom. The second-order valence-electron chi connectivity index (χ2n) is 6.67. The SMILES string of the molecule is CO[C@]1(C)C=CC(O)C([Si](C)(C)C(C)(C)C)=C1. The predicted octanol–water partition coefficient (Wildman–Crippen LogP) is 3.30. The van der Waals surface area contributed by atoms with Gasteiger partial charge in [-0.1, -0.05) is 52.1 Å². The normalized spacial score (nSPS) is 30.4. The van der Waals surface area contributed by atoms with Gasteiger partial charge in [0.1, 0.15) is 5.60 Å². The standard InChI is InChI=1S/C14H26O2Si/c1-13(2,3)17(6,7)12-10-14(4,16-5)9-8-11(12)15/h8-11,15H,1-7H3/t11?,14-/m1/s1. The van der Waals surface area contributed by atoms with Gasteiger partial charge in [-0.2, -0.15) is 0 Å². The van der Waals surface area contributed by atoms with E-state index in [0.717, 1.165) is 0 Å². The van der Waals surface area contributed by atoms with E-state index in [2.05, 4.69) is 39.9 Å². The van der Waals surface area contributed by atoms with Crippen LogP contribution < -0.4 is 0 Å². The molecule has 0 saturated carbocycles. The van der Waals surface area contributed by atoms with Gasteiger partial charge in [0.25, 0.3) is 0 Å². The van der Waals surface area contributed by atoms with E-state index in [0.29, 0.717) is 0 Å². The summed E-state index contributed by atoms with van der Waals surface area (Å²) in [5.41, 5.74) is -0.371. The number of aliphatic hydroxyl groups is 1. The molecule has 1 aliphatic carbocycles. The molecule has 2 atom stereocenters. The molecule has 0 spiro atoms. The summed E-state index contributed by atoms with van der Waals surface area (Å²) in [5.74, 6) is 0. The van der Waals surface area contributed by atoms with Crippen molar-refractivity contribution in [2.45, 2.75) is 57.5 Å². The monoisotopic (exact) mass is 254 g/mol. The maximum atomic E-state index is 10.2. The molecule has 0 amide bonds. The van der Waals surface area contributed by atoms with Crippen LogP contribution in [-0.4, -0.2) is 32.0 Å². The third-order valence-corrected chi connectivity index (χ3v) is 10.0. The van der Waals surface area contributed by atoms with Crippen LogP contribution in [0.4, 0.5) is 0 Å². The number of rotatable bonds is 2. The van der Waals surface area contributed by atoms with Gasteiger partial charge in [0.15, 0.2) is 0 Å². The van der Waals surface area contributed by atoms with E-state index < -0.39 is 14.2 Å². The number of methoxy groups -OCH3 is 1. The molecule has 2 nitrogen and oxygen atoms in total. The summed E-state index contributed by atoms with van der Waals surface area (Å²) >= 11 is 0. The fourth-order valence-corrected chi connectivity index (χ4v) is 4.29. The van der Waals surface area contributed by atoms with Gasteiger partial charge in [0.05, 0.1) is 14.2 Å². The molecule has 98 valence electrons. The van der Waals surface area contributed by atoms with Gasteiger partial charge in [-0.25, -0.2) is 0 Å². The van der Waals surface area contributed by atoms with Gasteiger partial charge in [-0.3, -0.25) is 0 Å². The number of aliphatic hydroxyl groups excluding tert-OH is 1. The van der Waals surface area contributed by atoms with Crippen molar-refractivity contribution in [1.29, 1.82) is 0 Å². The highest BCUT2D eigenvalue weighted by Crippen LogP contribution is 2.43. The Balaban J connectivity index is 3.20. The Bertz CT molecular complexity index is 350. The van der Waals surface area contributed by atoms with Gasteiger partial charge in [-0.05, 0) is 17.2 Å². The van der Waals surface area contributed by atoms with Crippen molar-refractivity contribution >= 4 is 8.07 Å². The molecular weight excluding hydrogens is 228 g/mol. The van der Waals surface area contributed by atoms with Crippen LogP contribution in [0, 0.1) is 0 Å². The van der Waals surface area contributed by atoms with Crippen molar-refractivity contribution in [1.82, 2.24) is 0 Å². The van der Waals surface area contributed by atoms with E-state index in [9.17, 15) is 5.11 Å². The van der Waals surface area contributed by atoms with Crippen molar-refractivity contribution in [2.75, 3.05) is 7.11 Å². The van der Waals surface area contributed by atoms with Crippen molar-refractivity contribution in [2.24, 2.45) is 0 Å². The average Bonchev–Trinajstić information content (AvgIpc) is 2.20. The zero-order valence-electron chi connectivity index (χ0n) is 12.2. The molecule has 1 unspecified atom stereocenters. The Morgan fingerprint density at radius 3 is 2.29 bits per heavy atom. The third-order valence-electron chi connectivity index (χ3n) is 4.41. The second-order valence-corrected chi connectivity index (χ2v) is 12.0. The van der Waals surface area contributed by atoms with Crippen LogP contribution in [0.5, 0.6) is 0 Å². The summed E-state index contributed by atoms with van der Waals surface area (Å²) in [6.45, 7) is 13.4. The molecule has 0 aliphatic heterocycles. The minimum absolute atomic E-state index is 0.222. The highest BCUT2D eigenvalue weighted by Gasteiger charge is 2.42. The Labute approximate surface area is 106 Å². The summed E-state index contributed by atoms with van der Waals surface area (Å²) in [4.78, 5) is 0. The molecular formula is C14H26O2Si. The van der Waals surface area contributed by atoms with Crippen LogP contribution in [0.25, 0.3) is 0 Å². The Kier molecular flexibility index (Phi) is 3.78.